The van der Waals surface area contributed by atoms with E-state index in [1.807, 2.05) is 6.07 Å². The molecule has 0 N–H and O–H groups in total. The molecule has 3 nitrogen and oxygen atoms in total. The van der Waals surface area contributed by atoms with Gasteiger partial charge in [-0.3, -0.25) is 0 Å². The third kappa shape index (κ3) is 3.72. The Morgan fingerprint density at radius 3 is 2.68 bits per heavy atom. The fraction of sp³-hybridized carbons (Fsp3) is 0.231. The summed E-state index contributed by atoms with van der Waals surface area (Å²) >= 11 is 18.3. The van der Waals surface area contributed by atoms with Crippen molar-refractivity contribution in [1.29, 1.82) is 0 Å². The summed E-state index contributed by atoms with van der Waals surface area (Å²) in [5.41, 5.74) is 1.61. The number of halogens is 3. The normalized spacial score (nSPS) is 12.2. The minimum atomic E-state index is -0.288. The van der Waals surface area contributed by atoms with Crippen molar-refractivity contribution < 1.29 is 4.74 Å². The third-order valence-corrected chi connectivity index (χ3v) is 3.55. The monoisotopic (exact) mass is 316 g/mol. The van der Waals surface area contributed by atoms with Crippen LogP contribution in [0.15, 0.2) is 30.6 Å². The number of nitrogens with zero attached hydrogens (tertiary/aromatic N) is 2. The number of hydrogen-bond donors (Lipinski definition) is 0. The molecule has 0 saturated heterocycles. The molecule has 0 radical (unpaired) electrons. The van der Waals surface area contributed by atoms with Crippen molar-refractivity contribution in [1.82, 2.24) is 9.97 Å². The molecule has 0 spiro atoms. The standard InChI is InChI=1S/C13H11Cl3N2O/c1-19-13-6-9(17-7-18-13)5-12(16)10-3-2-8(14)4-11(10)15/h2-4,6-7,12H,5H2,1H3. The molecule has 0 aliphatic rings. The van der Waals surface area contributed by atoms with Gasteiger partial charge in [0.25, 0.3) is 0 Å². The molecule has 6 heteroatoms. The Morgan fingerprint density at radius 1 is 1.21 bits per heavy atom. The molecule has 0 fully saturated rings. The first-order chi connectivity index (χ1) is 9.10. The number of methoxy groups -OCH3 is 1. The number of hydrogen-bond acceptors (Lipinski definition) is 3. The van der Waals surface area contributed by atoms with Gasteiger partial charge in [-0.2, -0.15) is 0 Å². The van der Waals surface area contributed by atoms with Crippen molar-refractivity contribution >= 4 is 34.8 Å². The van der Waals surface area contributed by atoms with Crippen molar-refractivity contribution in [2.75, 3.05) is 7.11 Å². The highest BCUT2D eigenvalue weighted by Gasteiger charge is 2.14. The first kappa shape index (κ1) is 14.4. The third-order valence-electron chi connectivity index (χ3n) is 2.60. The van der Waals surface area contributed by atoms with Crippen molar-refractivity contribution in [3.8, 4) is 5.88 Å². The predicted octanol–water partition coefficient (Wildman–Crippen LogP) is 4.31. The van der Waals surface area contributed by atoms with E-state index >= 15 is 0 Å². The molecular weight excluding hydrogens is 307 g/mol. The van der Waals surface area contributed by atoms with Crippen LogP contribution in [-0.4, -0.2) is 17.1 Å². The summed E-state index contributed by atoms with van der Waals surface area (Å²) in [5.74, 6) is 0.510. The maximum absolute atomic E-state index is 6.37. The predicted molar refractivity (Wildman–Crippen MR) is 77.3 cm³/mol. The molecule has 0 amide bonds. The van der Waals surface area contributed by atoms with Crippen LogP contribution in [0.25, 0.3) is 0 Å². The zero-order valence-electron chi connectivity index (χ0n) is 10.1. The molecule has 0 bridgehead atoms. The fourth-order valence-electron chi connectivity index (χ4n) is 1.65. The van der Waals surface area contributed by atoms with Crippen LogP contribution in [0.3, 0.4) is 0 Å². The van der Waals surface area contributed by atoms with Crippen LogP contribution < -0.4 is 4.74 Å². The van der Waals surface area contributed by atoms with Gasteiger partial charge < -0.3 is 4.74 Å². The molecule has 1 atom stereocenters. The second kappa shape index (κ2) is 6.42. The van der Waals surface area contributed by atoms with Crippen LogP contribution in [0.2, 0.25) is 10.0 Å². The van der Waals surface area contributed by atoms with Gasteiger partial charge in [0.1, 0.15) is 6.33 Å². The first-order valence-electron chi connectivity index (χ1n) is 5.54. The largest absolute Gasteiger partial charge is 0.481 e. The average molecular weight is 318 g/mol. The Bertz CT molecular complexity index is 578. The van der Waals surface area contributed by atoms with E-state index in [-0.39, 0.29) is 5.38 Å². The fourth-order valence-corrected chi connectivity index (χ4v) is 2.59. The molecule has 2 rings (SSSR count). The summed E-state index contributed by atoms with van der Waals surface area (Å²) in [6.07, 6.45) is 1.98. The number of rotatable bonds is 4. The van der Waals surface area contributed by atoms with Gasteiger partial charge in [-0.25, -0.2) is 9.97 Å². The zero-order chi connectivity index (χ0) is 13.8. The van der Waals surface area contributed by atoms with Crippen LogP contribution in [0.1, 0.15) is 16.6 Å². The molecule has 100 valence electrons. The van der Waals surface area contributed by atoms with Gasteiger partial charge in [0, 0.05) is 28.2 Å². The van der Waals surface area contributed by atoms with Crippen molar-refractivity contribution in [3.05, 3.63) is 51.9 Å². The van der Waals surface area contributed by atoms with E-state index in [2.05, 4.69) is 9.97 Å². The van der Waals surface area contributed by atoms with E-state index in [4.69, 9.17) is 39.5 Å². The van der Waals surface area contributed by atoms with Crippen LogP contribution in [-0.2, 0) is 6.42 Å². The van der Waals surface area contributed by atoms with Gasteiger partial charge in [-0.15, -0.1) is 11.6 Å². The van der Waals surface area contributed by atoms with E-state index in [9.17, 15) is 0 Å². The molecular formula is C13H11Cl3N2O. The molecule has 19 heavy (non-hydrogen) atoms. The molecule has 1 aromatic carbocycles. The molecule has 0 saturated carbocycles. The highest BCUT2D eigenvalue weighted by Crippen LogP contribution is 2.32. The second-order valence-corrected chi connectivity index (χ2v) is 5.26. The summed E-state index contributed by atoms with van der Waals surface area (Å²) in [5, 5.41) is 0.846. The number of aromatic nitrogens is 2. The Balaban J connectivity index is 2.17. The van der Waals surface area contributed by atoms with Gasteiger partial charge in [0.2, 0.25) is 5.88 Å². The molecule has 1 aromatic heterocycles. The van der Waals surface area contributed by atoms with Crippen molar-refractivity contribution in [2.45, 2.75) is 11.8 Å². The van der Waals surface area contributed by atoms with E-state index in [0.717, 1.165) is 11.3 Å². The summed E-state index contributed by atoms with van der Waals surface area (Å²) < 4.78 is 5.04. The average Bonchev–Trinajstić information content (AvgIpc) is 2.38. The Kier molecular flexibility index (Phi) is 4.86. The second-order valence-electron chi connectivity index (χ2n) is 3.89. The van der Waals surface area contributed by atoms with Crippen molar-refractivity contribution in [3.63, 3.8) is 0 Å². The number of alkyl halides is 1. The molecule has 2 aromatic rings. The van der Waals surface area contributed by atoms with E-state index in [1.54, 1.807) is 25.3 Å². The van der Waals surface area contributed by atoms with Gasteiger partial charge >= 0.3 is 0 Å². The topological polar surface area (TPSA) is 35.0 Å². The lowest BCUT2D eigenvalue weighted by Gasteiger charge is -2.11. The van der Waals surface area contributed by atoms with E-state index in [0.29, 0.717) is 22.3 Å². The SMILES string of the molecule is COc1cc(CC(Cl)c2ccc(Cl)cc2Cl)ncn1. The molecule has 0 aliphatic carbocycles. The lowest BCUT2D eigenvalue weighted by molar-refractivity contribution is 0.396. The number of benzene rings is 1. The quantitative estimate of drug-likeness (QED) is 0.788. The molecule has 1 heterocycles. The summed E-state index contributed by atoms with van der Waals surface area (Å²) in [6, 6.07) is 7.01. The maximum atomic E-state index is 6.37. The van der Waals surface area contributed by atoms with Crippen LogP contribution in [0.5, 0.6) is 5.88 Å². The molecule has 1 unspecified atom stereocenters. The first-order valence-corrected chi connectivity index (χ1v) is 6.73. The lowest BCUT2D eigenvalue weighted by Crippen LogP contribution is -2.00. The summed E-state index contributed by atoms with van der Waals surface area (Å²) in [6.45, 7) is 0. The number of ether oxygens (including phenoxy) is 1. The van der Waals surface area contributed by atoms with Gasteiger partial charge in [-0.05, 0) is 17.7 Å². The highest BCUT2D eigenvalue weighted by molar-refractivity contribution is 6.35. The maximum Gasteiger partial charge on any atom is 0.216 e. The molecule has 0 aliphatic heterocycles. The highest BCUT2D eigenvalue weighted by atomic mass is 35.5. The minimum absolute atomic E-state index is 0.288. The summed E-state index contributed by atoms with van der Waals surface area (Å²) in [4.78, 5) is 8.10. The minimum Gasteiger partial charge on any atom is -0.481 e. The van der Waals surface area contributed by atoms with Gasteiger partial charge in [0.05, 0.1) is 12.5 Å². The Hall–Kier alpha value is -1.03. The Labute approximate surface area is 126 Å². The van der Waals surface area contributed by atoms with Crippen LogP contribution in [0, 0.1) is 0 Å². The van der Waals surface area contributed by atoms with Crippen molar-refractivity contribution in [2.24, 2.45) is 0 Å². The lowest BCUT2D eigenvalue weighted by atomic mass is 10.1. The zero-order valence-corrected chi connectivity index (χ0v) is 12.4. The van der Waals surface area contributed by atoms with Crippen LogP contribution >= 0.6 is 34.8 Å². The van der Waals surface area contributed by atoms with Gasteiger partial charge in [-0.1, -0.05) is 29.3 Å². The Morgan fingerprint density at radius 2 is 2.00 bits per heavy atom. The smallest absolute Gasteiger partial charge is 0.216 e. The van der Waals surface area contributed by atoms with E-state index in [1.165, 1.54) is 6.33 Å². The van der Waals surface area contributed by atoms with Crippen LogP contribution in [0.4, 0.5) is 0 Å². The van der Waals surface area contributed by atoms with Gasteiger partial charge in [0.15, 0.2) is 0 Å². The van der Waals surface area contributed by atoms with E-state index < -0.39 is 0 Å². The summed E-state index contributed by atoms with van der Waals surface area (Å²) in [7, 11) is 1.56.